The molecule has 0 aliphatic carbocycles. The van der Waals surface area contributed by atoms with Gasteiger partial charge in [-0.15, -0.1) is 0 Å². The van der Waals surface area contributed by atoms with Crippen molar-refractivity contribution in [3.05, 3.63) is 54.3 Å². The molecule has 3 aromatic rings. The van der Waals surface area contributed by atoms with Crippen LogP contribution < -0.4 is 10.6 Å². The minimum absolute atomic E-state index is 0.128. The first-order valence-corrected chi connectivity index (χ1v) is 11.0. The lowest BCUT2D eigenvalue weighted by molar-refractivity contribution is 0.0998. The highest BCUT2D eigenvalue weighted by molar-refractivity contribution is 7.89. The number of carbonyl (C=O) groups is 1. The van der Waals surface area contributed by atoms with Crippen LogP contribution in [0.5, 0.6) is 0 Å². The van der Waals surface area contributed by atoms with Crippen molar-refractivity contribution in [2.45, 2.75) is 25.7 Å². The second kappa shape index (κ2) is 8.67. The molecule has 7 nitrogen and oxygen atoms in total. The largest absolute Gasteiger partial charge is 0.451 e. The first-order chi connectivity index (χ1) is 13.9. The highest BCUT2D eigenvalue weighted by atomic mass is 32.2. The maximum Gasteiger partial charge on any atom is 0.291 e. The topological polar surface area (TPSA) is 91.7 Å². The number of hydrogen-bond donors (Lipinski definition) is 2. The van der Waals surface area contributed by atoms with Crippen LogP contribution in [0.3, 0.4) is 0 Å². The second-order valence-corrected chi connectivity index (χ2v) is 8.37. The number of carbonyl (C=O) groups excluding carboxylic acids is 1. The number of anilines is 2. The zero-order chi connectivity index (χ0) is 21.0. The van der Waals surface area contributed by atoms with Gasteiger partial charge in [0.15, 0.2) is 5.76 Å². The van der Waals surface area contributed by atoms with Crippen LogP contribution in [-0.4, -0.2) is 38.3 Å². The summed E-state index contributed by atoms with van der Waals surface area (Å²) in [5.41, 5.74) is 1.63. The molecule has 29 heavy (non-hydrogen) atoms. The molecule has 1 heterocycles. The van der Waals surface area contributed by atoms with Crippen LogP contribution >= 0.6 is 0 Å². The number of sulfonamides is 1. The summed E-state index contributed by atoms with van der Waals surface area (Å²) >= 11 is 0. The van der Waals surface area contributed by atoms with E-state index in [1.54, 1.807) is 38.1 Å². The lowest BCUT2D eigenvalue weighted by Crippen LogP contribution is -2.30. The molecule has 0 radical (unpaired) electrons. The van der Waals surface area contributed by atoms with E-state index >= 15 is 0 Å². The summed E-state index contributed by atoms with van der Waals surface area (Å²) in [7, 11) is -3.65. The lowest BCUT2D eigenvalue weighted by atomic mass is 10.2. The monoisotopic (exact) mass is 415 g/mol. The SMILES string of the molecule is CCNc1ccc(S(=O)(=O)N(CC)CC)cc1NC(=O)c1cc2ccccc2o1. The molecule has 0 aliphatic heterocycles. The maximum atomic E-state index is 12.9. The van der Waals surface area contributed by atoms with Gasteiger partial charge in [-0.1, -0.05) is 32.0 Å². The van der Waals surface area contributed by atoms with Gasteiger partial charge >= 0.3 is 0 Å². The number of nitrogens with zero attached hydrogens (tertiary/aromatic N) is 1. The molecule has 0 saturated carbocycles. The fourth-order valence-corrected chi connectivity index (χ4v) is 4.61. The molecule has 0 saturated heterocycles. The van der Waals surface area contributed by atoms with Crippen LogP contribution in [0.4, 0.5) is 11.4 Å². The van der Waals surface area contributed by atoms with Gasteiger partial charge in [0, 0.05) is 25.0 Å². The van der Waals surface area contributed by atoms with Gasteiger partial charge in [-0.05, 0) is 37.3 Å². The predicted molar refractivity (Wildman–Crippen MR) is 115 cm³/mol. The Kier molecular flexibility index (Phi) is 6.24. The number of hydrogen-bond acceptors (Lipinski definition) is 5. The van der Waals surface area contributed by atoms with Crippen LogP contribution in [0.25, 0.3) is 11.0 Å². The molecule has 1 amide bonds. The number of para-hydroxylation sites is 1. The fraction of sp³-hybridized carbons (Fsp3) is 0.286. The first-order valence-electron chi connectivity index (χ1n) is 9.58. The average molecular weight is 416 g/mol. The number of furan rings is 1. The number of fused-ring (bicyclic) bond motifs is 1. The molecule has 8 heteroatoms. The van der Waals surface area contributed by atoms with Crippen LogP contribution in [0.2, 0.25) is 0 Å². The smallest absolute Gasteiger partial charge is 0.291 e. The third-order valence-corrected chi connectivity index (χ3v) is 6.64. The summed E-state index contributed by atoms with van der Waals surface area (Å²) < 4.78 is 32.7. The van der Waals surface area contributed by atoms with Gasteiger partial charge in [-0.3, -0.25) is 4.79 Å². The summed E-state index contributed by atoms with van der Waals surface area (Å²) in [6.45, 7) is 6.86. The normalized spacial score (nSPS) is 11.7. The molecule has 2 aromatic carbocycles. The van der Waals surface area contributed by atoms with E-state index < -0.39 is 15.9 Å². The molecule has 3 rings (SSSR count). The van der Waals surface area contributed by atoms with E-state index in [0.717, 1.165) is 5.39 Å². The average Bonchev–Trinajstić information content (AvgIpc) is 3.14. The Morgan fingerprint density at radius 2 is 1.72 bits per heavy atom. The quantitative estimate of drug-likeness (QED) is 0.577. The summed E-state index contributed by atoms with van der Waals surface area (Å²) in [6.07, 6.45) is 0. The van der Waals surface area contributed by atoms with Crippen LogP contribution in [0.15, 0.2) is 57.8 Å². The standard InChI is InChI=1S/C21H25N3O4S/c1-4-22-17-12-11-16(29(26,27)24(5-2)6-3)14-18(17)23-21(25)20-13-15-9-7-8-10-19(15)28-20/h7-14,22H,4-6H2,1-3H3,(H,23,25). The van der Waals surface area contributed by atoms with Crippen molar-refractivity contribution < 1.29 is 17.6 Å². The third-order valence-electron chi connectivity index (χ3n) is 4.60. The van der Waals surface area contributed by atoms with Crippen LogP contribution in [-0.2, 0) is 10.0 Å². The van der Waals surface area contributed by atoms with E-state index in [1.165, 1.54) is 10.4 Å². The first kappa shape index (κ1) is 20.9. The number of rotatable bonds is 8. The molecule has 0 bridgehead atoms. The molecular formula is C21H25N3O4S. The summed E-state index contributed by atoms with van der Waals surface area (Å²) in [5, 5.41) is 6.75. The Balaban J connectivity index is 1.96. The minimum Gasteiger partial charge on any atom is -0.451 e. The van der Waals surface area contributed by atoms with E-state index in [-0.39, 0.29) is 10.7 Å². The fourth-order valence-electron chi connectivity index (χ4n) is 3.12. The van der Waals surface area contributed by atoms with E-state index in [0.29, 0.717) is 36.6 Å². The highest BCUT2D eigenvalue weighted by Gasteiger charge is 2.23. The zero-order valence-electron chi connectivity index (χ0n) is 16.7. The third kappa shape index (κ3) is 4.28. The molecule has 0 fully saturated rings. The van der Waals surface area contributed by atoms with Crippen molar-refractivity contribution in [3.63, 3.8) is 0 Å². The minimum atomic E-state index is -3.65. The second-order valence-electron chi connectivity index (χ2n) is 6.43. The zero-order valence-corrected chi connectivity index (χ0v) is 17.5. The Morgan fingerprint density at radius 1 is 1.00 bits per heavy atom. The van der Waals surface area contributed by atoms with Crippen LogP contribution in [0.1, 0.15) is 31.3 Å². The molecule has 0 spiro atoms. The molecule has 0 atom stereocenters. The number of benzene rings is 2. The van der Waals surface area contributed by atoms with E-state index in [9.17, 15) is 13.2 Å². The molecule has 0 aliphatic rings. The predicted octanol–water partition coefficient (Wildman–Crippen LogP) is 4.15. The number of amides is 1. The van der Waals surface area contributed by atoms with Crippen molar-refractivity contribution in [2.75, 3.05) is 30.3 Å². The van der Waals surface area contributed by atoms with Crippen molar-refractivity contribution in [1.82, 2.24) is 4.31 Å². The Hall–Kier alpha value is -2.84. The molecule has 154 valence electrons. The summed E-state index contributed by atoms with van der Waals surface area (Å²) in [4.78, 5) is 12.9. The highest BCUT2D eigenvalue weighted by Crippen LogP contribution is 2.28. The van der Waals surface area contributed by atoms with Gasteiger partial charge in [0.1, 0.15) is 5.58 Å². The van der Waals surface area contributed by atoms with E-state index in [1.807, 2.05) is 25.1 Å². The lowest BCUT2D eigenvalue weighted by Gasteiger charge is -2.20. The van der Waals surface area contributed by atoms with Gasteiger partial charge in [-0.25, -0.2) is 8.42 Å². The van der Waals surface area contributed by atoms with Crippen LogP contribution in [0, 0.1) is 0 Å². The van der Waals surface area contributed by atoms with Crippen molar-refractivity contribution in [1.29, 1.82) is 0 Å². The van der Waals surface area contributed by atoms with Gasteiger partial charge in [0.2, 0.25) is 10.0 Å². The maximum absolute atomic E-state index is 12.9. The molecule has 2 N–H and O–H groups in total. The van der Waals surface area contributed by atoms with Crippen molar-refractivity contribution >= 4 is 38.3 Å². The van der Waals surface area contributed by atoms with Gasteiger partial charge in [0.05, 0.1) is 16.3 Å². The van der Waals surface area contributed by atoms with Gasteiger partial charge < -0.3 is 15.1 Å². The molecule has 1 aromatic heterocycles. The Bertz CT molecular complexity index is 1080. The number of nitrogens with one attached hydrogen (secondary N) is 2. The van der Waals surface area contributed by atoms with Gasteiger partial charge in [-0.2, -0.15) is 4.31 Å². The van der Waals surface area contributed by atoms with Crippen molar-refractivity contribution in [2.24, 2.45) is 0 Å². The Labute approximate surface area is 170 Å². The Morgan fingerprint density at radius 3 is 2.38 bits per heavy atom. The van der Waals surface area contributed by atoms with Crippen molar-refractivity contribution in [3.8, 4) is 0 Å². The van der Waals surface area contributed by atoms with E-state index in [2.05, 4.69) is 10.6 Å². The summed E-state index contributed by atoms with van der Waals surface area (Å²) in [5.74, 6) is -0.289. The van der Waals surface area contributed by atoms with E-state index in [4.69, 9.17) is 4.42 Å². The molecule has 0 unspecified atom stereocenters. The van der Waals surface area contributed by atoms with Gasteiger partial charge in [0.25, 0.3) is 5.91 Å². The molecular weight excluding hydrogens is 390 g/mol. The summed E-state index contributed by atoms with van der Waals surface area (Å²) in [6, 6.07) is 13.7.